The lowest BCUT2D eigenvalue weighted by molar-refractivity contribution is 0.217. The third kappa shape index (κ3) is 3.18. The van der Waals surface area contributed by atoms with Crippen molar-refractivity contribution >= 4 is 27.5 Å². The molecule has 0 amide bonds. The molecule has 0 unspecified atom stereocenters. The van der Waals surface area contributed by atoms with Crippen LogP contribution in [0.1, 0.15) is 18.4 Å². The number of halogens is 4. The van der Waals surface area contributed by atoms with Crippen molar-refractivity contribution in [2.24, 2.45) is 0 Å². The Bertz CT molecular complexity index is 406. The van der Waals surface area contributed by atoms with Crippen molar-refractivity contribution < 1.29 is 8.78 Å². The molecule has 5 heteroatoms. The lowest BCUT2D eigenvalue weighted by Crippen LogP contribution is -2.34. The third-order valence-electron chi connectivity index (χ3n) is 3.04. The van der Waals surface area contributed by atoms with Gasteiger partial charge in [0.1, 0.15) is 11.6 Å². The lowest BCUT2D eigenvalue weighted by atomic mass is 10.1. The summed E-state index contributed by atoms with van der Waals surface area (Å²) in [5, 5.41) is 0.198. The van der Waals surface area contributed by atoms with E-state index in [9.17, 15) is 8.78 Å². The molecule has 1 aliphatic heterocycles. The Labute approximate surface area is 113 Å². The fraction of sp³-hybridized carbons (Fsp3) is 0.500. The second-order valence-electron chi connectivity index (χ2n) is 4.27. The Morgan fingerprint density at radius 3 is 2.59 bits per heavy atom. The maximum atomic E-state index is 13.8. The van der Waals surface area contributed by atoms with Crippen LogP contribution >= 0.6 is 27.5 Å². The van der Waals surface area contributed by atoms with E-state index in [2.05, 4.69) is 15.9 Å². The molecule has 1 aliphatic rings. The Morgan fingerprint density at radius 1 is 1.29 bits per heavy atom. The largest absolute Gasteiger partial charge is 0.299 e. The molecule has 2 rings (SSSR count). The van der Waals surface area contributed by atoms with E-state index in [1.54, 1.807) is 0 Å². The Balaban J connectivity index is 2.11. The van der Waals surface area contributed by atoms with Crippen LogP contribution in [0.5, 0.6) is 0 Å². The summed E-state index contributed by atoms with van der Waals surface area (Å²) in [6.45, 7) is 1.89. The van der Waals surface area contributed by atoms with Gasteiger partial charge in [-0.25, -0.2) is 8.78 Å². The molecule has 1 aromatic rings. The zero-order valence-electron chi connectivity index (χ0n) is 9.23. The maximum absolute atomic E-state index is 13.8. The predicted octanol–water partition coefficient (Wildman–Crippen LogP) is 3.93. The van der Waals surface area contributed by atoms with Gasteiger partial charge in [-0.15, -0.1) is 11.6 Å². The number of benzene rings is 1. The molecule has 1 heterocycles. The molecule has 94 valence electrons. The number of hydrogen-bond acceptors (Lipinski definition) is 1. The zero-order chi connectivity index (χ0) is 12.4. The fourth-order valence-electron chi connectivity index (χ4n) is 2.00. The van der Waals surface area contributed by atoms with Crippen LogP contribution in [0.4, 0.5) is 8.78 Å². The molecular weight excluding hydrogens is 311 g/mol. The third-order valence-corrected chi connectivity index (χ3v) is 4.09. The van der Waals surface area contributed by atoms with Crippen LogP contribution in [-0.2, 0) is 6.54 Å². The molecule has 1 aromatic carbocycles. The molecule has 0 atom stereocenters. The van der Waals surface area contributed by atoms with Crippen molar-refractivity contribution in [3.8, 4) is 0 Å². The van der Waals surface area contributed by atoms with E-state index < -0.39 is 11.6 Å². The van der Waals surface area contributed by atoms with Gasteiger partial charge in [-0.3, -0.25) is 4.90 Å². The monoisotopic (exact) mass is 323 g/mol. The Hall–Kier alpha value is -0.190. The van der Waals surface area contributed by atoms with Gasteiger partial charge in [0.05, 0.1) is 4.47 Å². The van der Waals surface area contributed by atoms with Crippen molar-refractivity contribution in [3.63, 3.8) is 0 Å². The van der Waals surface area contributed by atoms with Crippen molar-refractivity contribution in [2.45, 2.75) is 24.8 Å². The van der Waals surface area contributed by atoms with Crippen LogP contribution in [-0.4, -0.2) is 23.4 Å². The highest BCUT2D eigenvalue weighted by molar-refractivity contribution is 9.10. The Morgan fingerprint density at radius 2 is 1.94 bits per heavy atom. The van der Waals surface area contributed by atoms with Crippen LogP contribution in [0.15, 0.2) is 16.6 Å². The van der Waals surface area contributed by atoms with Gasteiger partial charge in [0, 0.05) is 17.5 Å². The minimum atomic E-state index is -0.502. The van der Waals surface area contributed by atoms with Crippen LogP contribution in [0.2, 0.25) is 0 Å². The van der Waals surface area contributed by atoms with E-state index in [1.807, 2.05) is 4.90 Å². The van der Waals surface area contributed by atoms with Gasteiger partial charge < -0.3 is 0 Å². The Kier molecular flexibility index (Phi) is 4.39. The zero-order valence-corrected chi connectivity index (χ0v) is 11.6. The van der Waals surface area contributed by atoms with Gasteiger partial charge in [0.25, 0.3) is 0 Å². The number of likely N-dealkylation sites (tertiary alicyclic amines) is 1. The molecule has 1 saturated heterocycles. The lowest BCUT2D eigenvalue weighted by Gasteiger charge is -2.29. The average molecular weight is 325 g/mol. The molecular formula is C12H13BrClF2N. The van der Waals surface area contributed by atoms with Gasteiger partial charge in [-0.1, -0.05) is 0 Å². The number of piperidine rings is 1. The second kappa shape index (κ2) is 5.63. The quantitative estimate of drug-likeness (QED) is 0.588. The number of hydrogen-bond donors (Lipinski definition) is 0. The summed E-state index contributed by atoms with van der Waals surface area (Å²) in [6.07, 6.45) is 1.75. The van der Waals surface area contributed by atoms with Crippen LogP contribution in [0, 0.1) is 11.6 Å². The van der Waals surface area contributed by atoms with Crippen molar-refractivity contribution in [1.82, 2.24) is 4.90 Å². The summed E-state index contributed by atoms with van der Waals surface area (Å²) < 4.78 is 27.6. The maximum Gasteiger partial charge on any atom is 0.144 e. The van der Waals surface area contributed by atoms with E-state index in [1.165, 1.54) is 12.1 Å². The predicted molar refractivity (Wildman–Crippen MR) is 68.2 cm³/mol. The summed E-state index contributed by atoms with van der Waals surface area (Å²) >= 11 is 9.06. The van der Waals surface area contributed by atoms with Gasteiger partial charge in [0.15, 0.2) is 0 Å². The first kappa shape index (κ1) is 13.2. The molecule has 0 spiro atoms. The summed E-state index contributed by atoms with van der Waals surface area (Å²) in [4.78, 5) is 2.03. The van der Waals surface area contributed by atoms with Crippen molar-refractivity contribution in [3.05, 3.63) is 33.8 Å². The summed E-state index contributed by atoms with van der Waals surface area (Å²) in [6, 6.07) is 2.68. The molecule has 0 aliphatic carbocycles. The van der Waals surface area contributed by atoms with Crippen LogP contribution in [0.25, 0.3) is 0 Å². The first-order valence-electron chi connectivity index (χ1n) is 5.56. The van der Waals surface area contributed by atoms with E-state index in [0.29, 0.717) is 11.0 Å². The van der Waals surface area contributed by atoms with Gasteiger partial charge in [-0.2, -0.15) is 0 Å². The molecule has 0 saturated carbocycles. The topological polar surface area (TPSA) is 3.24 Å². The van der Waals surface area contributed by atoms with E-state index >= 15 is 0 Å². The second-order valence-corrected chi connectivity index (χ2v) is 5.74. The minimum Gasteiger partial charge on any atom is -0.299 e. The molecule has 17 heavy (non-hydrogen) atoms. The average Bonchev–Trinajstić information content (AvgIpc) is 2.32. The van der Waals surface area contributed by atoms with E-state index in [0.717, 1.165) is 25.9 Å². The first-order valence-corrected chi connectivity index (χ1v) is 6.79. The molecule has 1 fully saturated rings. The highest BCUT2D eigenvalue weighted by atomic mass is 79.9. The molecule has 0 radical (unpaired) electrons. The molecule has 0 N–H and O–H groups in total. The van der Waals surface area contributed by atoms with Gasteiger partial charge in [0.2, 0.25) is 0 Å². The highest BCUT2D eigenvalue weighted by Crippen LogP contribution is 2.24. The summed E-state index contributed by atoms with van der Waals surface area (Å²) in [5.41, 5.74) is 0.132. The minimum absolute atomic E-state index is 0.132. The van der Waals surface area contributed by atoms with Gasteiger partial charge in [-0.05, 0) is 54.0 Å². The van der Waals surface area contributed by atoms with Crippen LogP contribution in [0.3, 0.4) is 0 Å². The standard InChI is InChI=1S/C12H13BrClF2N/c13-10-1-2-11(15)9(12(10)16)7-17-5-3-8(14)4-6-17/h1-2,8H,3-7H2. The number of alkyl halides is 1. The van der Waals surface area contributed by atoms with Crippen LogP contribution < -0.4 is 0 Å². The number of rotatable bonds is 2. The SMILES string of the molecule is Fc1ccc(Br)c(F)c1CN1CCC(Cl)CC1. The first-order chi connectivity index (χ1) is 8.08. The summed E-state index contributed by atoms with van der Waals surface area (Å²) in [7, 11) is 0. The van der Waals surface area contributed by atoms with Gasteiger partial charge >= 0.3 is 0 Å². The van der Waals surface area contributed by atoms with Crippen molar-refractivity contribution in [2.75, 3.05) is 13.1 Å². The van der Waals surface area contributed by atoms with Crippen molar-refractivity contribution in [1.29, 1.82) is 0 Å². The summed E-state index contributed by atoms with van der Waals surface area (Å²) in [5.74, 6) is -0.989. The molecule has 1 nitrogen and oxygen atoms in total. The van der Waals surface area contributed by atoms with E-state index in [-0.39, 0.29) is 10.9 Å². The smallest absolute Gasteiger partial charge is 0.144 e. The molecule has 0 bridgehead atoms. The highest BCUT2D eigenvalue weighted by Gasteiger charge is 2.20. The fourth-order valence-corrected chi connectivity index (χ4v) is 2.56. The number of nitrogens with zero attached hydrogens (tertiary/aromatic N) is 1. The van der Waals surface area contributed by atoms with E-state index in [4.69, 9.17) is 11.6 Å². The molecule has 0 aromatic heterocycles. The normalized spacial score (nSPS) is 18.6.